The number of hydrogen-bond acceptors (Lipinski definition) is 8. The van der Waals surface area contributed by atoms with Crippen molar-refractivity contribution >= 4 is 31.0 Å². The number of hydroxylamine groups is 4. The molecular formula is C22H30N2O6S2. The minimum atomic E-state index is -4.13. The van der Waals surface area contributed by atoms with Crippen molar-refractivity contribution in [2.75, 3.05) is 26.2 Å². The van der Waals surface area contributed by atoms with Gasteiger partial charge in [0.2, 0.25) is 0 Å². The summed E-state index contributed by atoms with van der Waals surface area (Å²) in [6.07, 6.45) is 3.79. The quantitative estimate of drug-likeness (QED) is 0.617. The molecule has 0 amide bonds. The molecule has 2 aliphatic rings. The van der Waals surface area contributed by atoms with Gasteiger partial charge in [0, 0.05) is 37.0 Å². The zero-order valence-corrected chi connectivity index (χ0v) is 20.1. The van der Waals surface area contributed by atoms with Crippen LogP contribution in [0.4, 0.5) is 0 Å². The fraction of sp³-hybridized carbons (Fsp3) is 0.545. The number of hydrogen-bond donors (Lipinski definition) is 0. The Morgan fingerprint density at radius 3 is 1.50 bits per heavy atom. The molecule has 0 bridgehead atoms. The summed E-state index contributed by atoms with van der Waals surface area (Å²) < 4.78 is 63.2. The van der Waals surface area contributed by atoms with Crippen LogP contribution in [0.1, 0.15) is 39.5 Å². The first kappa shape index (κ1) is 23.6. The van der Waals surface area contributed by atoms with Crippen molar-refractivity contribution in [3.8, 4) is 0 Å². The Kier molecular flexibility index (Phi) is 6.90. The molecular weight excluding hydrogens is 452 g/mol. The van der Waals surface area contributed by atoms with Crippen LogP contribution in [0.25, 0.3) is 10.8 Å². The van der Waals surface area contributed by atoms with Gasteiger partial charge in [-0.15, -0.1) is 0 Å². The van der Waals surface area contributed by atoms with Crippen LogP contribution in [-0.2, 0) is 28.8 Å². The van der Waals surface area contributed by atoms with E-state index in [1.165, 1.54) is 34.4 Å². The number of nitrogens with zero attached hydrogens (tertiary/aromatic N) is 2. The average molecular weight is 483 g/mol. The molecule has 0 N–H and O–H groups in total. The molecule has 2 atom stereocenters. The van der Waals surface area contributed by atoms with Crippen LogP contribution >= 0.6 is 0 Å². The maximum Gasteiger partial charge on any atom is 0.313 e. The van der Waals surface area contributed by atoms with E-state index in [2.05, 4.69) is 13.8 Å². The highest BCUT2D eigenvalue weighted by atomic mass is 32.2. The summed E-state index contributed by atoms with van der Waals surface area (Å²) in [7, 11) is -8.25. The molecule has 8 nitrogen and oxygen atoms in total. The Bertz CT molecular complexity index is 1090. The molecule has 0 radical (unpaired) electrons. The standard InChI is InChI=1S/C22H30N2O6S2/c1-17-7-5-13-23(15-17)29-31(25,26)21-11-3-10-20-19(21)9-4-12-22(20)32(27,28)30-24-14-6-8-18(2)16-24/h3-4,9-12,17-18H,5-8,13-16H2,1-2H3. The zero-order valence-electron chi connectivity index (χ0n) is 18.4. The predicted molar refractivity (Wildman–Crippen MR) is 120 cm³/mol. The molecule has 2 aromatic carbocycles. The SMILES string of the molecule is CC1CCCN(OS(=O)(=O)c2cccc3c(S(=O)(=O)ON4CCCC(C)C4)cccc23)C1. The Hall–Kier alpha value is -1.56. The maximum atomic E-state index is 13.1. The van der Waals surface area contributed by atoms with Gasteiger partial charge in [-0.3, -0.25) is 0 Å². The van der Waals surface area contributed by atoms with E-state index < -0.39 is 20.2 Å². The minimum absolute atomic E-state index is 0.0585. The van der Waals surface area contributed by atoms with Crippen molar-refractivity contribution in [2.45, 2.75) is 49.3 Å². The summed E-state index contributed by atoms with van der Waals surface area (Å²) in [4.78, 5) is -0.117. The molecule has 2 aliphatic heterocycles. The molecule has 0 saturated carbocycles. The van der Waals surface area contributed by atoms with E-state index in [1.54, 1.807) is 12.1 Å². The number of piperidine rings is 2. The van der Waals surface area contributed by atoms with E-state index in [1.807, 2.05) is 0 Å². The molecule has 0 aliphatic carbocycles. The van der Waals surface area contributed by atoms with Crippen molar-refractivity contribution in [1.82, 2.24) is 10.1 Å². The van der Waals surface area contributed by atoms with Crippen LogP contribution in [0.15, 0.2) is 46.2 Å². The molecule has 2 fully saturated rings. The van der Waals surface area contributed by atoms with Crippen LogP contribution < -0.4 is 0 Å². The summed E-state index contributed by atoms with van der Waals surface area (Å²) in [5, 5.41) is 3.52. The second-order valence-electron chi connectivity index (χ2n) is 8.94. The molecule has 2 aromatic rings. The largest absolute Gasteiger partial charge is 0.313 e. The van der Waals surface area contributed by atoms with E-state index in [0.717, 1.165) is 25.7 Å². The Labute approximate surface area is 190 Å². The van der Waals surface area contributed by atoms with Crippen LogP contribution in [0, 0.1) is 11.8 Å². The zero-order chi connectivity index (χ0) is 22.9. The average Bonchev–Trinajstić information content (AvgIpc) is 2.72. The third-order valence-electron chi connectivity index (χ3n) is 6.03. The van der Waals surface area contributed by atoms with Crippen molar-refractivity contribution < 1.29 is 25.4 Å². The van der Waals surface area contributed by atoms with Crippen molar-refractivity contribution in [3.63, 3.8) is 0 Å². The van der Waals surface area contributed by atoms with Gasteiger partial charge in [0.05, 0.1) is 0 Å². The topological polar surface area (TPSA) is 93.2 Å². The van der Waals surface area contributed by atoms with E-state index in [-0.39, 0.29) is 20.6 Å². The molecule has 32 heavy (non-hydrogen) atoms. The lowest BCUT2D eigenvalue weighted by atomic mass is 10.0. The van der Waals surface area contributed by atoms with Crippen LogP contribution in [0.2, 0.25) is 0 Å². The minimum Gasteiger partial charge on any atom is -0.192 e. The van der Waals surface area contributed by atoms with Crippen molar-refractivity contribution in [3.05, 3.63) is 36.4 Å². The molecule has 2 heterocycles. The Morgan fingerprint density at radius 2 is 1.12 bits per heavy atom. The van der Waals surface area contributed by atoms with Gasteiger partial charge < -0.3 is 0 Å². The van der Waals surface area contributed by atoms with Gasteiger partial charge >= 0.3 is 20.2 Å². The molecule has 0 spiro atoms. The lowest BCUT2D eigenvalue weighted by Crippen LogP contribution is -2.36. The monoisotopic (exact) mass is 482 g/mol. The third-order valence-corrected chi connectivity index (χ3v) is 8.63. The van der Waals surface area contributed by atoms with Gasteiger partial charge in [0.1, 0.15) is 9.79 Å². The van der Waals surface area contributed by atoms with Gasteiger partial charge in [-0.25, -0.2) is 0 Å². The van der Waals surface area contributed by atoms with Crippen LogP contribution in [0.5, 0.6) is 0 Å². The maximum absolute atomic E-state index is 13.1. The predicted octanol–water partition coefficient (Wildman–Crippen LogP) is 3.54. The number of benzene rings is 2. The smallest absolute Gasteiger partial charge is 0.192 e. The summed E-state index contributed by atoms with van der Waals surface area (Å²) in [6, 6.07) is 9.11. The van der Waals surface area contributed by atoms with E-state index >= 15 is 0 Å². The lowest BCUT2D eigenvalue weighted by molar-refractivity contribution is -0.0792. The van der Waals surface area contributed by atoms with Gasteiger partial charge in [0.25, 0.3) is 0 Å². The van der Waals surface area contributed by atoms with Gasteiger partial charge in [0.15, 0.2) is 0 Å². The van der Waals surface area contributed by atoms with Crippen LogP contribution in [0.3, 0.4) is 0 Å². The fourth-order valence-corrected chi connectivity index (χ4v) is 6.85. The first-order chi connectivity index (χ1) is 15.2. The summed E-state index contributed by atoms with van der Waals surface area (Å²) >= 11 is 0. The molecule has 2 unspecified atom stereocenters. The summed E-state index contributed by atoms with van der Waals surface area (Å²) in [5.41, 5.74) is 0. The number of fused-ring (bicyclic) bond motifs is 1. The van der Waals surface area contributed by atoms with Gasteiger partial charge in [-0.1, -0.05) is 38.1 Å². The molecule has 0 aromatic heterocycles. The second kappa shape index (κ2) is 9.36. The lowest BCUT2D eigenvalue weighted by Gasteiger charge is -2.29. The van der Waals surface area contributed by atoms with E-state index in [0.29, 0.717) is 38.0 Å². The highest BCUT2D eigenvalue weighted by molar-refractivity contribution is 7.87. The number of rotatable bonds is 6. The van der Waals surface area contributed by atoms with Gasteiger partial charge in [-0.2, -0.15) is 35.5 Å². The fourth-order valence-electron chi connectivity index (χ4n) is 4.47. The molecule has 4 rings (SSSR count). The Morgan fingerprint density at radius 1 is 0.719 bits per heavy atom. The highest BCUT2D eigenvalue weighted by Gasteiger charge is 2.29. The van der Waals surface area contributed by atoms with E-state index in [4.69, 9.17) is 8.57 Å². The van der Waals surface area contributed by atoms with Gasteiger partial charge in [-0.05, 0) is 49.7 Å². The third kappa shape index (κ3) is 5.16. The first-order valence-electron chi connectivity index (χ1n) is 11.1. The second-order valence-corrected chi connectivity index (χ2v) is 11.9. The first-order valence-corrected chi connectivity index (χ1v) is 13.9. The van der Waals surface area contributed by atoms with Crippen LogP contribution in [-0.4, -0.2) is 53.1 Å². The molecule has 176 valence electrons. The summed E-state index contributed by atoms with van der Waals surface area (Å²) in [5.74, 6) is 0.690. The highest BCUT2D eigenvalue weighted by Crippen LogP contribution is 2.32. The molecule has 2 saturated heterocycles. The molecule has 10 heteroatoms. The Balaban J connectivity index is 1.66. The summed E-state index contributed by atoms with van der Waals surface area (Å²) in [6.45, 7) is 6.25. The van der Waals surface area contributed by atoms with Crippen molar-refractivity contribution in [2.24, 2.45) is 11.8 Å². The normalized spacial score (nSPS) is 24.1. The van der Waals surface area contributed by atoms with Crippen molar-refractivity contribution in [1.29, 1.82) is 0 Å². The van der Waals surface area contributed by atoms with E-state index in [9.17, 15) is 16.8 Å².